The molecule has 3 N–H and O–H groups in total. The fourth-order valence-corrected chi connectivity index (χ4v) is 9.62. The second-order valence-corrected chi connectivity index (χ2v) is 18.6. The highest BCUT2D eigenvalue weighted by Crippen LogP contribution is 2.41. The van der Waals surface area contributed by atoms with Gasteiger partial charge >= 0.3 is 5.97 Å². The molecular formula is C49H61N7O8. The summed E-state index contributed by atoms with van der Waals surface area (Å²) in [5.74, 6) is -2.87. The number of pyridine rings is 1. The van der Waals surface area contributed by atoms with Crippen molar-refractivity contribution >= 4 is 40.5 Å². The second-order valence-electron chi connectivity index (χ2n) is 18.6. The van der Waals surface area contributed by atoms with E-state index in [0.717, 1.165) is 39.0 Å². The molecule has 4 amide bonds. The molecule has 3 aliphatic heterocycles. The largest absolute Gasteiger partial charge is 0.508 e. The fourth-order valence-electron chi connectivity index (χ4n) is 9.62. The van der Waals surface area contributed by atoms with Crippen molar-refractivity contribution in [1.29, 1.82) is 0 Å². The number of carbonyl (C=O) groups excluding carboxylic acids is 5. The zero-order chi connectivity index (χ0) is 46.0. The summed E-state index contributed by atoms with van der Waals surface area (Å²) in [6.07, 6.45) is 4.91. The summed E-state index contributed by atoms with van der Waals surface area (Å²) >= 11 is 0. The molecule has 64 heavy (non-hydrogen) atoms. The van der Waals surface area contributed by atoms with Gasteiger partial charge < -0.3 is 34.3 Å². The van der Waals surface area contributed by atoms with Gasteiger partial charge in [0, 0.05) is 75.3 Å². The molecule has 2 saturated heterocycles. The van der Waals surface area contributed by atoms with Crippen molar-refractivity contribution in [3.05, 3.63) is 84.2 Å². The lowest BCUT2D eigenvalue weighted by Gasteiger charge is -2.37. The van der Waals surface area contributed by atoms with Crippen LogP contribution in [0.3, 0.4) is 0 Å². The number of rotatable bonds is 9. The topological polar surface area (TPSA) is 176 Å². The standard InChI is InChI=1S/C49H61N7O8/c1-9-42(58)55-19-16-32(26-55)46(60)54(7)43(29(2)3)45(59)51-39-22-30-20-33(23-34(57)21-30)31-14-15-41-36(24-31)37(44(53(41)6)35-12-10-17-50-40(35)27-63-8)25-49(4,5)28-64-48(62)38-13-11-18-56(52-38)47(39)61/h9-10,12,14-15,17,20-21,23-24,29,32,38-39,43,52,57H,1,11,13,16,18-19,22,25-28H2,2-8H3,(H,51,59)/t32-,38-,39-,43?/m0/s1. The average Bonchev–Trinajstić information content (AvgIpc) is 3.87. The molecule has 15 nitrogen and oxygen atoms in total. The average molecular weight is 876 g/mol. The van der Waals surface area contributed by atoms with Crippen LogP contribution in [0.5, 0.6) is 5.75 Å². The van der Waals surface area contributed by atoms with Gasteiger partial charge in [-0.15, -0.1) is 0 Å². The molecule has 6 bridgehead atoms. The number of nitrogens with zero attached hydrogens (tertiary/aromatic N) is 5. The Bertz CT molecular complexity index is 2460. The molecule has 0 aliphatic carbocycles. The van der Waals surface area contributed by atoms with Gasteiger partial charge in [0.15, 0.2) is 0 Å². The van der Waals surface area contributed by atoms with Crippen LogP contribution in [0.25, 0.3) is 33.3 Å². The molecule has 7 rings (SSSR count). The van der Waals surface area contributed by atoms with Gasteiger partial charge in [0.1, 0.15) is 23.9 Å². The number of likely N-dealkylation sites (tertiary alicyclic amines) is 1. The Morgan fingerprint density at radius 2 is 1.89 bits per heavy atom. The van der Waals surface area contributed by atoms with E-state index in [-0.39, 0.29) is 49.6 Å². The van der Waals surface area contributed by atoms with E-state index in [0.29, 0.717) is 50.0 Å². The van der Waals surface area contributed by atoms with Gasteiger partial charge in [-0.25, -0.2) is 5.43 Å². The van der Waals surface area contributed by atoms with Crippen molar-refractivity contribution < 1.29 is 38.6 Å². The number of aromatic nitrogens is 2. The Hall–Kier alpha value is -6.06. The minimum absolute atomic E-state index is 0.0105. The number of cyclic esters (lactones) is 1. The number of nitrogens with one attached hydrogen (secondary N) is 2. The van der Waals surface area contributed by atoms with Crippen LogP contribution in [0.15, 0.2) is 67.4 Å². The first-order valence-electron chi connectivity index (χ1n) is 22.1. The third kappa shape index (κ3) is 9.55. The molecule has 5 heterocycles. The van der Waals surface area contributed by atoms with Crippen LogP contribution in [0.4, 0.5) is 0 Å². The van der Waals surface area contributed by atoms with Gasteiger partial charge in [-0.1, -0.05) is 46.4 Å². The maximum atomic E-state index is 14.7. The second kappa shape index (κ2) is 19.0. The highest BCUT2D eigenvalue weighted by molar-refractivity contribution is 5.96. The lowest BCUT2D eigenvalue weighted by molar-refractivity contribution is -0.155. The van der Waals surface area contributed by atoms with Crippen LogP contribution in [0.1, 0.15) is 63.8 Å². The number of methoxy groups -OCH3 is 1. The van der Waals surface area contributed by atoms with Crippen LogP contribution in [0.2, 0.25) is 0 Å². The molecule has 15 heteroatoms. The number of amides is 4. The van der Waals surface area contributed by atoms with Crippen LogP contribution in [-0.4, -0.2) is 118 Å². The molecular weight excluding hydrogens is 815 g/mol. The summed E-state index contributed by atoms with van der Waals surface area (Å²) in [4.78, 5) is 76.8. The van der Waals surface area contributed by atoms with Gasteiger partial charge in [-0.3, -0.25) is 34.0 Å². The van der Waals surface area contributed by atoms with E-state index < -0.39 is 47.2 Å². The minimum atomic E-state index is -1.16. The molecule has 0 radical (unpaired) electrons. The Balaban J connectivity index is 1.29. The summed E-state index contributed by atoms with van der Waals surface area (Å²) < 4.78 is 13.8. The lowest BCUT2D eigenvalue weighted by atomic mass is 9.84. The molecule has 2 aromatic heterocycles. The van der Waals surface area contributed by atoms with E-state index in [1.807, 2.05) is 45.2 Å². The Morgan fingerprint density at radius 3 is 2.62 bits per heavy atom. The number of hydrogen-bond donors (Lipinski definition) is 3. The first-order chi connectivity index (χ1) is 30.5. The highest BCUT2D eigenvalue weighted by Gasteiger charge is 2.40. The molecule has 2 aromatic carbocycles. The van der Waals surface area contributed by atoms with E-state index in [4.69, 9.17) is 9.47 Å². The molecule has 1 unspecified atom stereocenters. The number of benzene rings is 2. The van der Waals surface area contributed by atoms with Crippen molar-refractivity contribution in [2.45, 2.75) is 84.5 Å². The van der Waals surface area contributed by atoms with Crippen molar-refractivity contribution in [3.8, 4) is 28.1 Å². The smallest absolute Gasteiger partial charge is 0.324 e. The Morgan fingerprint density at radius 1 is 1.11 bits per heavy atom. The van der Waals surface area contributed by atoms with Crippen molar-refractivity contribution in [2.24, 2.45) is 24.3 Å². The number of ether oxygens (including phenoxy) is 2. The first kappa shape index (κ1) is 45.9. The van der Waals surface area contributed by atoms with E-state index in [1.54, 1.807) is 37.4 Å². The first-order valence-corrected chi connectivity index (χ1v) is 22.1. The molecule has 3 aliphatic rings. The van der Waals surface area contributed by atoms with E-state index in [1.165, 1.54) is 16.0 Å². The number of hydrogen-bond acceptors (Lipinski definition) is 10. The van der Waals surface area contributed by atoms with Gasteiger partial charge in [0.2, 0.25) is 17.7 Å². The number of esters is 1. The molecule has 340 valence electrons. The highest BCUT2D eigenvalue weighted by atomic mass is 16.5. The Kier molecular flexibility index (Phi) is 13.6. The zero-order valence-electron chi connectivity index (χ0n) is 38.0. The van der Waals surface area contributed by atoms with Crippen LogP contribution in [0, 0.1) is 17.3 Å². The summed E-state index contributed by atoms with van der Waals surface area (Å²) in [7, 11) is 5.25. The van der Waals surface area contributed by atoms with E-state index in [2.05, 4.69) is 52.9 Å². The number of carbonyl (C=O) groups is 5. The summed E-state index contributed by atoms with van der Waals surface area (Å²) in [6, 6.07) is 12.4. The predicted octanol–water partition coefficient (Wildman–Crippen LogP) is 4.93. The van der Waals surface area contributed by atoms with Gasteiger partial charge in [-0.2, -0.15) is 0 Å². The molecule has 4 atom stereocenters. The normalized spacial score (nSPS) is 20.7. The quantitative estimate of drug-likeness (QED) is 0.155. The summed E-state index contributed by atoms with van der Waals surface area (Å²) in [5.41, 5.74) is 9.40. The fraction of sp³-hybridized carbons (Fsp3) is 0.469. The van der Waals surface area contributed by atoms with Crippen LogP contribution in [-0.2, 0) is 59.9 Å². The third-order valence-electron chi connectivity index (χ3n) is 12.8. The maximum absolute atomic E-state index is 14.7. The minimum Gasteiger partial charge on any atom is -0.508 e. The number of fused-ring (bicyclic) bond motifs is 6. The molecule has 4 aromatic rings. The predicted molar refractivity (Wildman–Crippen MR) is 242 cm³/mol. The molecule has 0 saturated carbocycles. The number of phenolic OH excluding ortho intramolecular Hbond substituents is 1. The van der Waals surface area contributed by atoms with Crippen LogP contribution >= 0.6 is 0 Å². The van der Waals surface area contributed by atoms with Crippen molar-refractivity contribution in [1.82, 2.24) is 35.1 Å². The van der Waals surface area contributed by atoms with E-state index >= 15 is 0 Å². The third-order valence-corrected chi connectivity index (χ3v) is 12.8. The number of aromatic hydroxyl groups is 1. The number of hydrazine groups is 1. The van der Waals surface area contributed by atoms with Gasteiger partial charge in [0.25, 0.3) is 5.91 Å². The van der Waals surface area contributed by atoms with Crippen molar-refractivity contribution in [3.63, 3.8) is 0 Å². The van der Waals surface area contributed by atoms with E-state index in [9.17, 15) is 29.1 Å². The van der Waals surface area contributed by atoms with Gasteiger partial charge in [0.05, 0.1) is 30.5 Å². The monoisotopic (exact) mass is 875 g/mol. The summed E-state index contributed by atoms with van der Waals surface area (Å²) in [6.45, 7) is 12.7. The lowest BCUT2D eigenvalue weighted by Crippen LogP contribution is -2.62. The molecule has 0 spiro atoms. The zero-order valence-corrected chi connectivity index (χ0v) is 38.0. The number of likely N-dealkylation sites (N-methyl/N-ethyl adjacent to an activating group) is 1. The maximum Gasteiger partial charge on any atom is 0.324 e. The number of aryl methyl sites for hydroxylation is 1. The molecule has 2 fully saturated rings. The Labute approximate surface area is 374 Å². The number of phenols is 1. The van der Waals surface area contributed by atoms with Crippen LogP contribution < -0.4 is 10.7 Å². The SMILES string of the molecule is C=CC(=O)N1CC[C@H](C(=O)N(C)C(C(=O)N[C@H]2Cc3cc(O)cc(c3)-c3ccc4c(c3)c(c(-c3cccnc3COC)n4C)CC(C)(C)COC(=O)[C@@H]3CCCN(N3)C2=O)C(C)C)C1. The summed E-state index contributed by atoms with van der Waals surface area (Å²) in [5, 5.41) is 16.6. The van der Waals surface area contributed by atoms with Gasteiger partial charge in [-0.05, 0) is 96.3 Å². The van der Waals surface area contributed by atoms with Crippen molar-refractivity contribution in [2.75, 3.05) is 40.4 Å².